The molecule has 0 spiro atoms. The second-order valence-electron chi connectivity index (χ2n) is 10.1. The molecule has 0 saturated heterocycles. The van der Waals surface area contributed by atoms with E-state index < -0.39 is 0 Å². The van der Waals surface area contributed by atoms with Crippen molar-refractivity contribution >= 4 is 43.1 Å². The summed E-state index contributed by atoms with van der Waals surface area (Å²) in [6.45, 7) is 0. The largest absolute Gasteiger partial charge is 0.456 e. The molecule has 0 unspecified atom stereocenters. The normalized spacial score (nSPS) is 11.6. The van der Waals surface area contributed by atoms with Gasteiger partial charge in [0, 0.05) is 11.1 Å². The Morgan fingerprint density at radius 2 is 0.692 bits per heavy atom. The maximum absolute atomic E-state index is 6.56. The lowest BCUT2D eigenvalue weighted by Crippen LogP contribution is -1.86. The van der Waals surface area contributed by atoms with Crippen LogP contribution in [0, 0.1) is 0 Å². The van der Waals surface area contributed by atoms with Crippen molar-refractivity contribution < 1.29 is 4.42 Å². The molecule has 0 aliphatic carbocycles. The van der Waals surface area contributed by atoms with Crippen molar-refractivity contribution in [3.8, 4) is 33.8 Å². The van der Waals surface area contributed by atoms with E-state index in [1.165, 1.54) is 54.2 Å². The van der Waals surface area contributed by atoms with Crippen LogP contribution in [0.5, 0.6) is 0 Å². The van der Waals surface area contributed by atoms with Gasteiger partial charge in [-0.1, -0.05) is 121 Å². The Hall–Kier alpha value is -5.14. The van der Waals surface area contributed by atoms with E-state index in [1.807, 2.05) is 0 Å². The molecule has 7 aromatic carbocycles. The highest BCUT2D eigenvalue weighted by molar-refractivity contribution is 6.13. The van der Waals surface area contributed by atoms with Crippen molar-refractivity contribution in [1.82, 2.24) is 0 Å². The van der Waals surface area contributed by atoms with E-state index in [2.05, 4.69) is 146 Å². The minimum atomic E-state index is 0.872. The zero-order valence-electron chi connectivity index (χ0n) is 21.3. The maximum atomic E-state index is 6.56. The number of hydrogen-bond donors (Lipinski definition) is 0. The number of rotatable bonds is 3. The second-order valence-corrected chi connectivity index (χ2v) is 10.1. The van der Waals surface area contributed by atoms with E-state index in [9.17, 15) is 0 Å². The third kappa shape index (κ3) is 3.55. The molecule has 0 radical (unpaired) electrons. The summed E-state index contributed by atoms with van der Waals surface area (Å²) >= 11 is 0. The molecule has 1 heteroatoms. The Morgan fingerprint density at radius 1 is 0.308 bits per heavy atom. The van der Waals surface area contributed by atoms with Crippen LogP contribution in [0.4, 0.5) is 0 Å². The van der Waals surface area contributed by atoms with Gasteiger partial charge in [0.05, 0.1) is 0 Å². The van der Waals surface area contributed by atoms with Crippen molar-refractivity contribution in [2.24, 2.45) is 0 Å². The Balaban J connectivity index is 1.25. The zero-order chi connectivity index (χ0) is 25.8. The van der Waals surface area contributed by atoms with Gasteiger partial charge in [-0.15, -0.1) is 0 Å². The average molecular weight is 497 g/mol. The number of hydrogen-bond acceptors (Lipinski definition) is 1. The van der Waals surface area contributed by atoms with Gasteiger partial charge in [0.15, 0.2) is 0 Å². The number of fused-ring (bicyclic) bond motifs is 4. The van der Waals surface area contributed by atoms with Crippen molar-refractivity contribution in [3.05, 3.63) is 146 Å². The molecule has 1 nitrogen and oxygen atoms in total. The smallest absolute Gasteiger partial charge is 0.136 e. The Bertz CT molecular complexity index is 2050. The second kappa shape index (κ2) is 8.72. The van der Waals surface area contributed by atoms with Crippen LogP contribution in [-0.2, 0) is 0 Å². The van der Waals surface area contributed by atoms with Gasteiger partial charge < -0.3 is 4.42 Å². The quantitative estimate of drug-likeness (QED) is 0.222. The predicted molar refractivity (Wildman–Crippen MR) is 165 cm³/mol. The van der Waals surface area contributed by atoms with Gasteiger partial charge in [0.2, 0.25) is 0 Å². The van der Waals surface area contributed by atoms with Crippen molar-refractivity contribution in [3.63, 3.8) is 0 Å². The molecule has 0 N–H and O–H groups in total. The summed E-state index contributed by atoms with van der Waals surface area (Å²) in [5.41, 5.74) is 4.70. The van der Waals surface area contributed by atoms with Gasteiger partial charge >= 0.3 is 0 Å². The summed E-state index contributed by atoms with van der Waals surface area (Å²) in [6.07, 6.45) is 0. The van der Waals surface area contributed by atoms with Gasteiger partial charge in [0.25, 0.3) is 0 Å². The van der Waals surface area contributed by atoms with Crippen LogP contribution >= 0.6 is 0 Å². The lowest BCUT2D eigenvalue weighted by atomic mass is 9.91. The third-order valence-corrected chi connectivity index (χ3v) is 7.85. The fourth-order valence-corrected chi connectivity index (χ4v) is 6.03. The lowest BCUT2D eigenvalue weighted by molar-refractivity contribution is 0.598. The molecule has 0 amide bonds. The fourth-order valence-electron chi connectivity index (χ4n) is 6.03. The molecular formula is C38H24O. The summed E-state index contributed by atoms with van der Waals surface area (Å²) in [6, 6.07) is 51.9. The highest BCUT2D eigenvalue weighted by Gasteiger charge is 2.15. The third-order valence-electron chi connectivity index (χ3n) is 7.85. The van der Waals surface area contributed by atoms with Crippen molar-refractivity contribution in [1.29, 1.82) is 0 Å². The SMILES string of the molecule is c1ccc2c(-c3ccc(-c4ccc(-c5c6ccccc6cc6ccccc56)o4)cc3)c3ccccc3cc2c1. The van der Waals surface area contributed by atoms with Crippen LogP contribution < -0.4 is 0 Å². The molecule has 0 aliphatic rings. The van der Waals surface area contributed by atoms with E-state index in [1.54, 1.807) is 0 Å². The Kier molecular flexibility index (Phi) is 4.89. The summed E-state index contributed by atoms with van der Waals surface area (Å²) in [5.74, 6) is 1.76. The molecule has 0 saturated carbocycles. The van der Waals surface area contributed by atoms with Crippen LogP contribution in [0.1, 0.15) is 0 Å². The first-order valence-corrected chi connectivity index (χ1v) is 13.4. The zero-order valence-corrected chi connectivity index (χ0v) is 21.3. The van der Waals surface area contributed by atoms with Gasteiger partial charge in [-0.3, -0.25) is 0 Å². The van der Waals surface area contributed by atoms with Crippen molar-refractivity contribution in [2.75, 3.05) is 0 Å². The summed E-state index contributed by atoms with van der Waals surface area (Å²) < 4.78 is 6.56. The average Bonchev–Trinajstić information content (AvgIpc) is 3.48. The summed E-state index contributed by atoms with van der Waals surface area (Å²) in [4.78, 5) is 0. The van der Waals surface area contributed by atoms with E-state index in [4.69, 9.17) is 4.42 Å². The molecule has 0 atom stereocenters. The lowest BCUT2D eigenvalue weighted by Gasteiger charge is -2.12. The topological polar surface area (TPSA) is 13.1 Å². The highest BCUT2D eigenvalue weighted by Crippen LogP contribution is 2.40. The van der Waals surface area contributed by atoms with Gasteiger partial charge in [-0.2, -0.15) is 0 Å². The Morgan fingerprint density at radius 3 is 1.18 bits per heavy atom. The molecule has 39 heavy (non-hydrogen) atoms. The molecule has 8 rings (SSSR count). The first-order valence-electron chi connectivity index (χ1n) is 13.4. The number of furan rings is 1. The van der Waals surface area contributed by atoms with Crippen LogP contribution in [0.3, 0.4) is 0 Å². The highest BCUT2D eigenvalue weighted by atomic mass is 16.3. The molecule has 182 valence electrons. The molecular weight excluding hydrogens is 472 g/mol. The van der Waals surface area contributed by atoms with E-state index >= 15 is 0 Å². The van der Waals surface area contributed by atoms with Crippen LogP contribution in [0.25, 0.3) is 76.9 Å². The van der Waals surface area contributed by atoms with E-state index in [0.717, 1.165) is 22.6 Å². The van der Waals surface area contributed by atoms with E-state index in [-0.39, 0.29) is 0 Å². The molecule has 8 aromatic rings. The predicted octanol–water partition coefficient (Wildman–Crippen LogP) is 10.9. The first kappa shape index (κ1) is 21.9. The Labute approximate surface area is 226 Å². The summed E-state index contributed by atoms with van der Waals surface area (Å²) in [7, 11) is 0. The molecule has 0 fully saturated rings. The van der Waals surface area contributed by atoms with Crippen LogP contribution in [-0.4, -0.2) is 0 Å². The first-order chi connectivity index (χ1) is 19.3. The minimum absolute atomic E-state index is 0.872. The van der Waals surface area contributed by atoms with Crippen LogP contribution in [0.15, 0.2) is 150 Å². The monoisotopic (exact) mass is 496 g/mol. The number of benzene rings is 7. The summed E-state index contributed by atoms with van der Waals surface area (Å²) in [5, 5.41) is 9.90. The fraction of sp³-hybridized carbons (Fsp3) is 0. The standard InChI is InChI=1S/C38H24O/c1-5-13-31-27(9-1)23-28-10-2-6-14-32(28)37(31)26-19-17-25(18-20-26)35-21-22-36(39-35)38-33-15-7-3-11-29(33)24-30-12-4-8-16-34(30)38/h1-24H. The molecule has 1 aromatic heterocycles. The van der Waals surface area contributed by atoms with Gasteiger partial charge in [-0.25, -0.2) is 0 Å². The van der Waals surface area contributed by atoms with Crippen LogP contribution in [0.2, 0.25) is 0 Å². The van der Waals surface area contributed by atoms with Gasteiger partial charge in [-0.05, 0) is 78.5 Å². The molecule has 1 heterocycles. The molecule has 0 bridgehead atoms. The van der Waals surface area contributed by atoms with Gasteiger partial charge in [0.1, 0.15) is 11.5 Å². The molecule has 0 aliphatic heterocycles. The van der Waals surface area contributed by atoms with E-state index in [0.29, 0.717) is 0 Å². The minimum Gasteiger partial charge on any atom is -0.456 e. The maximum Gasteiger partial charge on any atom is 0.136 e. The van der Waals surface area contributed by atoms with Crippen molar-refractivity contribution in [2.45, 2.75) is 0 Å².